The fourth-order valence-electron chi connectivity index (χ4n) is 3.89. The van der Waals surface area contributed by atoms with Gasteiger partial charge in [0.15, 0.2) is 0 Å². The van der Waals surface area contributed by atoms with Crippen LogP contribution in [0.2, 0.25) is 0 Å². The van der Waals surface area contributed by atoms with Crippen LogP contribution in [-0.2, 0) is 7.05 Å². The first kappa shape index (κ1) is 17.0. The van der Waals surface area contributed by atoms with Crippen LogP contribution in [0, 0.1) is 0 Å². The molecule has 3 heterocycles. The van der Waals surface area contributed by atoms with E-state index in [1.54, 1.807) is 0 Å². The van der Waals surface area contributed by atoms with Crippen LogP contribution >= 0.6 is 0 Å². The maximum absolute atomic E-state index is 4.57. The van der Waals surface area contributed by atoms with E-state index in [1.807, 2.05) is 30.3 Å². The van der Waals surface area contributed by atoms with Gasteiger partial charge < -0.3 is 14.9 Å². The molecule has 0 amide bonds. The first-order chi connectivity index (χ1) is 13.8. The summed E-state index contributed by atoms with van der Waals surface area (Å²) in [4.78, 5) is 12.2. The van der Waals surface area contributed by atoms with Crippen LogP contribution in [0.3, 0.4) is 0 Å². The third kappa shape index (κ3) is 3.14. The van der Waals surface area contributed by atoms with Gasteiger partial charge in [-0.1, -0.05) is 48.5 Å². The Bertz CT molecular complexity index is 1070. The van der Waals surface area contributed by atoms with Gasteiger partial charge in [0.1, 0.15) is 5.82 Å². The molecule has 2 aromatic heterocycles. The second kappa shape index (κ2) is 7.09. The Morgan fingerprint density at radius 3 is 2.18 bits per heavy atom. The van der Waals surface area contributed by atoms with Gasteiger partial charge in [-0.2, -0.15) is 0 Å². The summed E-state index contributed by atoms with van der Waals surface area (Å²) in [5.74, 6) is 1.04. The standard InChI is InChI=1S/C23H23N5/c1-28-15-24-14-22(28)19-10-6-17(7-11-19)16-4-8-18(9-5-16)21-13-26-23(27-21)20-3-2-12-25-20/h4-11,13-15,20,25H,2-3,12H2,1H3,(H,26,27). The zero-order valence-electron chi connectivity index (χ0n) is 15.9. The summed E-state index contributed by atoms with van der Waals surface area (Å²) in [6, 6.07) is 17.6. The van der Waals surface area contributed by atoms with E-state index < -0.39 is 0 Å². The normalized spacial score (nSPS) is 16.5. The van der Waals surface area contributed by atoms with Crippen LogP contribution in [-0.4, -0.2) is 26.1 Å². The number of nitrogens with zero attached hydrogens (tertiary/aromatic N) is 3. The molecular weight excluding hydrogens is 346 g/mol. The zero-order chi connectivity index (χ0) is 18.9. The minimum atomic E-state index is 0.367. The first-order valence-electron chi connectivity index (χ1n) is 9.74. The molecule has 5 heteroatoms. The molecule has 0 aliphatic carbocycles. The fourth-order valence-corrected chi connectivity index (χ4v) is 3.89. The molecule has 1 unspecified atom stereocenters. The van der Waals surface area contributed by atoms with Crippen molar-refractivity contribution in [2.75, 3.05) is 6.54 Å². The van der Waals surface area contributed by atoms with Crippen molar-refractivity contribution in [3.8, 4) is 33.6 Å². The maximum Gasteiger partial charge on any atom is 0.123 e. The van der Waals surface area contributed by atoms with Gasteiger partial charge in [0.2, 0.25) is 0 Å². The van der Waals surface area contributed by atoms with Gasteiger partial charge in [-0.3, -0.25) is 0 Å². The van der Waals surface area contributed by atoms with Crippen LogP contribution in [0.5, 0.6) is 0 Å². The van der Waals surface area contributed by atoms with E-state index >= 15 is 0 Å². The molecule has 140 valence electrons. The average Bonchev–Trinajstić information content (AvgIpc) is 3.49. The Kier molecular flexibility index (Phi) is 4.29. The molecule has 0 radical (unpaired) electrons. The minimum Gasteiger partial charge on any atom is -0.341 e. The number of aromatic amines is 1. The lowest BCUT2D eigenvalue weighted by Crippen LogP contribution is -2.14. The lowest BCUT2D eigenvalue weighted by Gasteiger charge is -2.07. The molecule has 5 nitrogen and oxygen atoms in total. The summed E-state index contributed by atoms with van der Waals surface area (Å²) in [7, 11) is 2.01. The predicted molar refractivity (Wildman–Crippen MR) is 112 cm³/mol. The van der Waals surface area contributed by atoms with E-state index in [1.165, 1.54) is 23.1 Å². The second-order valence-electron chi connectivity index (χ2n) is 7.38. The molecule has 1 fully saturated rings. The van der Waals surface area contributed by atoms with Crippen molar-refractivity contribution in [2.24, 2.45) is 7.05 Å². The molecule has 0 saturated carbocycles. The number of H-pyrrole nitrogens is 1. The van der Waals surface area contributed by atoms with E-state index in [4.69, 9.17) is 0 Å². The highest BCUT2D eigenvalue weighted by Gasteiger charge is 2.19. The maximum atomic E-state index is 4.57. The third-order valence-electron chi connectivity index (χ3n) is 5.51. The van der Waals surface area contributed by atoms with Gasteiger partial charge in [-0.05, 0) is 41.6 Å². The van der Waals surface area contributed by atoms with Gasteiger partial charge >= 0.3 is 0 Å². The second-order valence-corrected chi connectivity index (χ2v) is 7.38. The van der Waals surface area contributed by atoms with E-state index in [0.29, 0.717) is 6.04 Å². The summed E-state index contributed by atoms with van der Waals surface area (Å²) in [5, 5.41) is 3.49. The Labute approximate surface area is 164 Å². The van der Waals surface area contributed by atoms with Gasteiger partial charge in [0.25, 0.3) is 0 Å². The highest BCUT2D eigenvalue weighted by atomic mass is 15.0. The number of nitrogens with one attached hydrogen (secondary N) is 2. The smallest absolute Gasteiger partial charge is 0.123 e. The van der Waals surface area contributed by atoms with Crippen LogP contribution < -0.4 is 5.32 Å². The van der Waals surface area contributed by atoms with E-state index in [2.05, 4.69) is 68.8 Å². The molecule has 2 aromatic carbocycles. The lowest BCUT2D eigenvalue weighted by atomic mass is 10.0. The topological polar surface area (TPSA) is 58.5 Å². The largest absolute Gasteiger partial charge is 0.341 e. The van der Waals surface area contributed by atoms with Crippen LogP contribution in [0.15, 0.2) is 67.3 Å². The van der Waals surface area contributed by atoms with Crippen LogP contribution in [0.1, 0.15) is 24.7 Å². The number of imidazole rings is 2. The summed E-state index contributed by atoms with van der Waals surface area (Å²) in [6.07, 6.45) is 8.03. The Morgan fingerprint density at radius 2 is 1.57 bits per heavy atom. The molecule has 28 heavy (non-hydrogen) atoms. The molecule has 1 saturated heterocycles. The summed E-state index contributed by atoms with van der Waals surface area (Å²) < 4.78 is 2.03. The van der Waals surface area contributed by atoms with Crippen molar-refractivity contribution < 1.29 is 0 Å². The highest BCUT2D eigenvalue weighted by molar-refractivity contribution is 5.71. The molecule has 5 rings (SSSR count). The van der Waals surface area contributed by atoms with Gasteiger partial charge in [0, 0.05) is 7.05 Å². The van der Waals surface area contributed by atoms with Crippen molar-refractivity contribution in [1.29, 1.82) is 0 Å². The number of benzene rings is 2. The monoisotopic (exact) mass is 369 g/mol. The molecular formula is C23H23N5. The highest BCUT2D eigenvalue weighted by Crippen LogP contribution is 2.28. The molecule has 0 bridgehead atoms. The zero-order valence-corrected chi connectivity index (χ0v) is 15.9. The number of aromatic nitrogens is 4. The number of hydrogen-bond acceptors (Lipinski definition) is 3. The molecule has 1 aliphatic heterocycles. The van der Waals surface area contributed by atoms with E-state index in [-0.39, 0.29) is 0 Å². The summed E-state index contributed by atoms with van der Waals surface area (Å²) >= 11 is 0. The number of rotatable bonds is 4. The molecule has 1 aliphatic rings. The lowest BCUT2D eigenvalue weighted by molar-refractivity contribution is 0.613. The Morgan fingerprint density at radius 1 is 0.893 bits per heavy atom. The minimum absolute atomic E-state index is 0.367. The quantitative estimate of drug-likeness (QED) is 0.554. The van der Waals surface area contributed by atoms with Gasteiger partial charge in [-0.25, -0.2) is 9.97 Å². The van der Waals surface area contributed by atoms with Crippen molar-refractivity contribution in [3.63, 3.8) is 0 Å². The van der Waals surface area contributed by atoms with E-state index in [9.17, 15) is 0 Å². The van der Waals surface area contributed by atoms with Crippen molar-refractivity contribution >= 4 is 0 Å². The van der Waals surface area contributed by atoms with Crippen LogP contribution in [0.25, 0.3) is 33.6 Å². The van der Waals surface area contributed by atoms with Crippen molar-refractivity contribution in [2.45, 2.75) is 18.9 Å². The third-order valence-corrected chi connectivity index (χ3v) is 5.51. The summed E-state index contributed by atoms with van der Waals surface area (Å²) in [5.41, 5.74) is 6.93. The fraction of sp³-hybridized carbons (Fsp3) is 0.217. The van der Waals surface area contributed by atoms with Gasteiger partial charge in [0.05, 0.1) is 36.2 Å². The number of hydrogen-bond donors (Lipinski definition) is 2. The Balaban J connectivity index is 1.36. The summed E-state index contributed by atoms with van der Waals surface area (Å²) in [6.45, 7) is 1.08. The van der Waals surface area contributed by atoms with Crippen molar-refractivity contribution in [1.82, 2.24) is 24.8 Å². The number of aryl methyl sites for hydroxylation is 1. The van der Waals surface area contributed by atoms with Gasteiger partial charge in [-0.15, -0.1) is 0 Å². The molecule has 2 N–H and O–H groups in total. The Hall–Kier alpha value is -3.18. The molecule has 0 spiro atoms. The van der Waals surface area contributed by atoms with Crippen molar-refractivity contribution in [3.05, 3.63) is 73.1 Å². The predicted octanol–water partition coefficient (Wildman–Crippen LogP) is 4.57. The first-order valence-corrected chi connectivity index (χ1v) is 9.74. The van der Waals surface area contributed by atoms with Crippen LogP contribution in [0.4, 0.5) is 0 Å². The van der Waals surface area contributed by atoms with E-state index in [0.717, 1.165) is 35.7 Å². The molecule has 1 atom stereocenters. The molecule has 4 aromatic rings. The average molecular weight is 369 g/mol. The SMILES string of the molecule is Cn1cncc1-c1ccc(-c2ccc(-c3cnc(C4CCCN4)[nH]3)cc2)cc1.